The fourth-order valence-corrected chi connectivity index (χ4v) is 4.25. The summed E-state index contributed by atoms with van der Waals surface area (Å²) >= 11 is 0. The molecule has 4 aromatic rings. The molecule has 4 aromatic carbocycles. The molecular weight excluding hydrogens is 356 g/mol. The van der Waals surface area contributed by atoms with Gasteiger partial charge in [-0.1, -0.05) is 72.8 Å². The van der Waals surface area contributed by atoms with Gasteiger partial charge in [-0.25, -0.2) is 0 Å². The summed E-state index contributed by atoms with van der Waals surface area (Å²) in [5.74, 6) is 1.74. The molecule has 0 bridgehead atoms. The zero-order valence-corrected chi connectivity index (χ0v) is 16.6. The molecule has 0 unspecified atom stereocenters. The van der Waals surface area contributed by atoms with Crippen molar-refractivity contribution in [2.75, 3.05) is 6.79 Å². The maximum absolute atomic E-state index is 5.98. The lowest BCUT2D eigenvalue weighted by molar-refractivity contribution is 0.125. The highest BCUT2D eigenvalue weighted by molar-refractivity contribution is 5.90. The van der Waals surface area contributed by atoms with Crippen LogP contribution < -0.4 is 9.47 Å². The van der Waals surface area contributed by atoms with Crippen LogP contribution in [-0.4, -0.2) is 6.79 Å². The van der Waals surface area contributed by atoms with Crippen LogP contribution in [0, 0.1) is 13.8 Å². The average Bonchev–Trinajstić information content (AvgIpc) is 2.96. The van der Waals surface area contributed by atoms with Gasteiger partial charge in [0.2, 0.25) is 6.79 Å². The van der Waals surface area contributed by atoms with E-state index in [0.717, 1.165) is 22.6 Å². The van der Waals surface area contributed by atoms with E-state index in [9.17, 15) is 0 Å². The van der Waals surface area contributed by atoms with E-state index in [1.54, 1.807) is 0 Å². The lowest BCUT2D eigenvalue weighted by Gasteiger charge is -2.18. The number of benzene rings is 4. The van der Waals surface area contributed by atoms with Crippen molar-refractivity contribution in [3.63, 3.8) is 0 Å². The second-order valence-corrected chi connectivity index (χ2v) is 7.36. The Hall–Kier alpha value is -3.52. The van der Waals surface area contributed by atoms with E-state index in [-0.39, 0.29) is 6.79 Å². The molecule has 29 heavy (non-hydrogen) atoms. The van der Waals surface area contributed by atoms with Gasteiger partial charge >= 0.3 is 0 Å². The molecular formula is C27H22O2. The molecule has 0 radical (unpaired) electrons. The minimum absolute atomic E-state index is 0.217. The first-order valence-corrected chi connectivity index (χ1v) is 9.88. The SMILES string of the molecule is Cc1c(-c2ccccc2)ccc2c1-c1c(ccc(-c3ccccc3)c1C)OCO2. The molecule has 0 saturated carbocycles. The molecule has 0 atom stereocenters. The third-order valence-electron chi connectivity index (χ3n) is 5.70. The largest absolute Gasteiger partial charge is 0.457 e. The molecule has 0 N–H and O–H groups in total. The van der Waals surface area contributed by atoms with E-state index in [2.05, 4.69) is 86.6 Å². The molecule has 5 rings (SSSR count). The van der Waals surface area contributed by atoms with Crippen molar-refractivity contribution in [3.05, 3.63) is 96.1 Å². The van der Waals surface area contributed by atoms with Gasteiger partial charge in [-0.15, -0.1) is 0 Å². The van der Waals surface area contributed by atoms with Crippen molar-refractivity contribution >= 4 is 0 Å². The van der Waals surface area contributed by atoms with Gasteiger partial charge < -0.3 is 9.47 Å². The van der Waals surface area contributed by atoms with Crippen LogP contribution in [0.2, 0.25) is 0 Å². The number of rotatable bonds is 2. The second-order valence-electron chi connectivity index (χ2n) is 7.36. The predicted molar refractivity (Wildman–Crippen MR) is 118 cm³/mol. The van der Waals surface area contributed by atoms with Crippen LogP contribution in [0.3, 0.4) is 0 Å². The Bertz CT molecular complexity index is 1080. The van der Waals surface area contributed by atoms with Crippen molar-refractivity contribution in [2.45, 2.75) is 13.8 Å². The topological polar surface area (TPSA) is 18.5 Å². The number of hydrogen-bond donors (Lipinski definition) is 0. The first-order valence-electron chi connectivity index (χ1n) is 9.88. The Morgan fingerprint density at radius 2 is 0.931 bits per heavy atom. The van der Waals surface area contributed by atoms with Crippen molar-refractivity contribution in [1.82, 2.24) is 0 Å². The smallest absolute Gasteiger partial charge is 0.230 e. The van der Waals surface area contributed by atoms with E-state index in [1.807, 2.05) is 12.1 Å². The summed E-state index contributed by atoms with van der Waals surface area (Å²) in [6.45, 7) is 4.57. The molecule has 0 aromatic heterocycles. The molecule has 0 fully saturated rings. The molecule has 2 nitrogen and oxygen atoms in total. The van der Waals surface area contributed by atoms with Crippen molar-refractivity contribution in [3.8, 4) is 44.9 Å². The highest BCUT2D eigenvalue weighted by Crippen LogP contribution is 2.47. The lowest BCUT2D eigenvalue weighted by Crippen LogP contribution is -2.03. The molecule has 142 valence electrons. The van der Waals surface area contributed by atoms with Gasteiger partial charge in [-0.2, -0.15) is 0 Å². The molecule has 0 spiro atoms. The number of ether oxygens (including phenoxy) is 2. The summed E-state index contributed by atoms with van der Waals surface area (Å²) in [6, 6.07) is 29.4. The van der Waals surface area contributed by atoms with Crippen LogP contribution >= 0.6 is 0 Å². The van der Waals surface area contributed by atoms with Gasteiger partial charge in [-0.05, 0) is 59.4 Å². The van der Waals surface area contributed by atoms with Crippen LogP contribution in [0.4, 0.5) is 0 Å². The summed E-state index contributed by atoms with van der Waals surface area (Å²) in [4.78, 5) is 0. The quantitative estimate of drug-likeness (QED) is 0.373. The summed E-state index contributed by atoms with van der Waals surface area (Å²) in [7, 11) is 0. The Labute approximate surface area is 171 Å². The highest BCUT2D eigenvalue weighted by atomic mass is 16.7. The third kappa shape index (κ3) is 2.98. The van der Waals surface area contributed by atoms with Crippen molar-refractivity contribution < 1.29 is 9.47 Å². The van der Waals surface area contributed by atoms with E-state index in [0.29, 0.717) is 0 Å². The maximum Gasteiger partial charge on any atom is 0.230 e. The van der Waals surface area contributed by atoms with Gasteiger partial charge in [0.05, 0.1) is 0 Å². The van der Waals surface area contributed by atoms with E-state index in [1.165, 1.54) is 33.4 Å². The van der Waals surface area contributed by atoms with Gasteiger partial charge in [0.15, 0.2) is 0 Å². The summed E-state index contributed by atoms with van der Waals surface area (Å²) in [5.41, 5.74) is 9.48. The van der Waals surface area contributed by atoms with E-state index < -0.39 is 0 Å². The molecule has 2 heteroatoms. The zero-order chi connectivity index (χ0) is 19.8. The van der Waals surface area contributed by atoms with E-state index in [4.69, 9.17) is 9.47 Å². The van der Waals surface area contributed by atoms with Gasteiger partial charge in [0.25, 0.3) is 0 Å². The minimum atomic E-state index is 0.217. The Kier molecular flexibility index (Phi) is 4.33. The van der Waals surface area contributed by atoms with Crippen LogP contribution in [0.5, 0.6) is 11.5 Å². The van der Waals surface area contributed by atoms with Crippen molar-refractivity contribution in [1.29, 1.82) is 0 Å². The Morgan fingerprint density at radius 1 is 0.517 bits per heavy atom. The zero-order valence-electron chi connectivity index (χ0n) is 16.6. The highest BCUT2D eigenvalue weighted by Gasteiger charge is 2.24. The van der Waals surface area contributed by atoms with Crippen LogP contribution in [0.25, 0.3) is 33.4 Å². The summed E-state index contributed by atoms with van der Waals surface area (Å²) in [6.07, 6.45) is 0. The van der Waals surface area contributed by atoms with E-state index >= 15 is 0 Å². The monoisotopic (exact) mass is 378 g/mol. The van der Waals surface area contributed by atoms with Crippen LogP contribution in [0.15, 0.2) is 84.9 Å². The second kappa shape index (κ2) is 7.14. The fourth-order valence-electron chi connectivity index (χ4n) is 4.25. The molecule has 0 saturated heterocycles. The number of hydrogen-bond acceptors (Lipinski definition) is 2. The molecule has 0 aliphatic carbocycles. The van der Waals surface area contributed by atoms with Crippen molar-refractivity contribution in [2.24, 2.45) is 0 Å². The standard InChI is InChI=1S/C27H22O2/c1-18-22(20-9-5-3-6-10-20)13-15-24-26(18)27-19(2)23(21-11-7-4-8-12-21)14-16-25(27)29-17-28-24/h3-16H,17H2,1-2H3. The Morgan fingerprint density at radius 3 is 1.34 bits per heavy atom. The van der Waals surface area contributed by atoms with Crippen LogP contribution in [-0.2, 0) is 0 Å². The lowest BCUT2D eigenvalue weighted by atomic mass is 9.87. The first kappa shape index (κ1) is 17.6. The predicted octanol–water partition coefficient (Wildman–Crippen LogP) is 7.03. The molecule has 0 amide bonds. The summed E-state index contributed by atoms with van der Waals surface area (Å²) < 4.78 is 12.0. The van der Waals surface area contributed by atoms with Gasteiger partial charge in [0, 0.05) is 11.1 Å². The van der Waals surface area contributed by atoms with Crippen LogP contribution in [0.1, 0.15) is 11.1 Å². The van der Waals surface area contributed by atoms with Gasteiger partial charge in [-0.3, -0.25) is 0 Å². The first-order chi connectivity index (χ1) is 14.2. The summed E-state index contributed by atoms with van der Waals surface area (Å²) in [5, 5.41) is 0. The molecule has 1 aliphatic rings. The van der Waals surface area contributed by atoms with Gasteiger partial charge in [0.1, 0.15) is 11.5 Å². The average molecular weight is 378 g/mol. The Balaban J connectivity index is 1.79. The minimum Gasteiger partial charge on any atom is -0.457 e. The molecule has 1 aliphatic heterocycles. The number of fused-ring (bicyclic) bond motifs is 3. The molecule has 1 heterocycles. The third-order valence-corrected chi connectivity index (χ3v) is 5.70. The fraction of sp³-hybridized carbons (Fsp3) is 0.111. The maximum atomic E-state index is 5.98. The normalized spacial score (nSPS) is 12.2.